The molecular weight excluding hydrogens is 271 g/mol. The molecule has 0 atom stereocenters. The first-order chi connectivity index (χ1) is 8.88. The van der Waals surface area contributed by atoms with Gasteiger partial charge in [0, 0.05) is 5.56 Å². The molecule has 1 aromatic carbocycles. The molecule has 0 fully saturated rings. The van der Waals surface area contributed by atoms with Crippen molar-refractivity contribution in [2.45, 2.75) is 12.8 Å². The molecule has 1 heterocycles. The number of benzene rings is 1. The summed E-state index contributed by atoms with van der Waals surface area (Å²) in [5.41, 5.74) is -1.33. The predicted molar refractivity (Wildman–Crippen MR) is 55.8 cm³/mol. The molecule has 1 aromatic heterocycles. The Labute approximate surface area is 104 Å². The van der Waals surface area contributed by atoms with E-state index in [9.17, 15) is 22.0 Å². The largest absolute Gasteiger partial charge is 0.464 e. The second-order valence-electron chi connectivity index (χ2n) is 3.56. The van der Waals surface area contributed by atoms with Crippen LogP contribution >= 0.6 is 0 Å². The lowest BCUT2D eigenvalue weighted by Crippen LogP contribution is -2.08. The van der Waals surface area contributed by atoms with Crippen molar-refractivity contribution >= 4 is 0 Å². The molecule has 0 amide bonds. The van der Waals surface area contributed by atoms with Crippen LogP contribution in [0.4, 0.5) is 22.0 Å². The Morgan fingerprint density at radius 3 is 2.37 bits per heavy atom. The molecule has 0 aliphatic heterocycles. The second kappa shape index (κ2) is 4.91. The number of hydrogen-bond donors (Lipinski definition) is 0. The van der Waals surface area contributed by atoms with Gasteiger partial charge in [-0.25, -0.2) is 0 Å². The maximum absolute atomic E-state index is 12.8. The summed E-state index contributed by atoms with van der Waals surface area (Å²) in [5.74, 6) is -0.443. The molecule has 2 aromatic rings. The molecule has 102 valence electrons. The van der Waals surface area contributed by atoms with Gasteiger partial charge in [-0.05, 0) is 30.3 Å². The highest BCUT2D eigenvalue weighted by Gasteiger charge is 2.34. The Bertz CT molecular complexity index is 546. The number of rotatable bonds is 3. The van der Waals surface area contributed by atoms with E-state index in [2.05, 4.69) is 4.74 Å². The third-order valence-corrected chi connectivity index (χ3v) is 2.31. The first kappa shape index (κ1) is 13.4. The Balaban J connectivity index is 2.51. The monoisotopic (exact) mass is 278 g/mol. The minimum absolute atomic E-state index is 0.0768. The summed E-state index contributed by atoms with van der Waals surface area (Å²) in [5, 5.41) is 0. The molecule has 2 rings (SSSR count). The summed E-state index contributed by atoms with van der Waals surface area (Å²) in [7, 11) is 0. The molecule has 0 radical (unpaired) electrons. The van der Waals surface area contributed by atoms with Gasteiger partial charge < -0.3 is 9.15 Å². The molecule has 0 spiro atoms. The SMILES string of the molecule is FC(F)Oc1ccc(C(F)(F)F)c(-c2ccco2)c1. The summed E-state index contributed by atoms with van der Waals surface area (Å²) in [6.07, 6.45) is -3.43. The molecule has 19 heavy (non-hydrogen) atoms. The van der Waals surface area contributed by atoms with E-state index >= 15 is 0 Å². The standard InChI is InChI=1S/C12H7F5O2/c13-11(14)19-7-3-4-9(12(15,16)17)8(6-7)10-2-1-5-18-10/h1-6,11H. The maximum atomic E-state index is 12.8. The highest BCUT2D eigenvalue weighted by atomic mass is 19.4. The quantitative estimate of drug-likeness (QED) is 0.767. The fourth-order valence-electron chi connectivity index (χ4n) is 1.58. The molecule has 0 unspecified atom stereocenters. The Hall–Kier alpha value is -2.05. The third-order valence-electron chi connectivity index (χ3n) is 2.31. The number of hydrogen-bond acceptors (Lipinski definition) is 2. The molecular formula is C12H7F5O2. The Morgan fingerprint density at radius 2 is 1.84 bits per heavy atom. The van der Waals surface area contributed by atoms with E-state index in [1.807, 2.05) is 0 Å². The Kier molecular flexibility index (Phi) is 3.46. The minimum atomic E-state index is -4.62. The highest BCUT2D eigenvalue weighted by molar-refractivity contribution is 5.65. The fourth-order valence-corrected chi connectivity index (χ4v) is 1.58. The van der Waals surface area contributed by atoms with Crippen molar-refractivity contribution < 1.29 is 31.1 Å². The second-order valence-corrected chi connectivity index (χ2v) is 3.56. The molecule has 0 saturated heterocycles. The van der Waals surface area contributed by atoms with Crippen molar-refractivity contribution in [1.29, 1.82) is 0 Å². The Morgan fingerprint density at radius 1 is 1.11 bits per heavy atom. The third kappa shape index (κ3) is 3.04. The van der Waals surface area contributed by atoms with E-state index in [-0.39, 0.29) is 17.1 Å². The number of alkyl halides is 5. The fraction of sp³-hybridized carbons (Fsp3) is 0.167. The van der Waals surface area contributed by atoms with Crippen molar-refractivity contribution in [1.82, 2.24) is 0 Å². The van der Waals surface area contributed by atoms with Crippen molar-refractivity contribution in [3.8, 4) is 17.1 Å². The van der Waals surface area contributed by atoms with Gasteiger partial charge in [0.15, 0.2) is 0 Å². The zero-order valence-corrected chi connectivity index (χ0v) is 9.25. The summed E-state index contributed by atoms with van der Waals surface area (Å²) in [4.78, 5) is 0. The minimum Gasteiger partial charge on any atom is -0.464 e. The lowest BCUT2D eigenvalue weighted by molar-refractivity contribution is -0.137. The lowest BCUT2D eigenvalue weighted by Gasteiger charge is -2.13. The van der Waals surface area contributed by atoms with Crippen LogP contribution in [-0.2, 0) is 6.18 Å². The predicted octanol–water partition coefficient (Wildman–Crippen LogP) is 4.57. The maximum Gasteiger partial charge on any atom is 0.417 e. The smallest absolute Gasteiger partial charge is 0.417 e. The average molecular weight is 278 g/mol. The molecule has 0 N–H and O–H groups in total. The number of furan rings is 1. The number of halogens is 5. The van der Waals surface area contributed by atoms with Crippen LogP contribution in [0, 0.1) is 0 Å². The summed E-state index contributed by atoms with van der Waals surface area (Å²) in [6.45, 7) is -3.11. The zero-order chi connectivity index (χ0) is 14.0. The van der Waals surface area contributed by atoms with Crippen molar-refractivity contribution in [2.24, 2.45) is 0 Å². The normalized spacial score (nSPS) is 11.9. The van der Waals surface area contributed by atoms with E-state index in [1.54, 1.807) is 0 Å². The van der Waals surface area contributed by atoms with Crippen LogP contribution in [0.2, 0.25) is 0 Å². The highest BCUT2D eigenvalue weighted by Crippen LogP contribution is 2.39. The number of ether oxygens (including phenoxy) is 1. The molecule has 0 aliphatic carbocycles. The van der Waals surface area contributed by atoms with Gasteiger partial charge in [0.05, 0.1) is 11.8 Å². The van der Waals surface area contributed by atoms with E-state index in [1.165, 1.54) is 18.4 Å². The summed E-state index contributed by atoms with van der Waals surface area (Å²) in [6, 6.07) is 5.08. The van der Waals surface area contributed by atoms with Crippen LogP contribution in [0.25, 0.3) is 11.3 Å². The zero-order valence-electron chi connectivity index (χ0n) is 9.25. The lowest BCUT2D eigenvalue weighted by atomic mass is 10.0. The molecule has 0 bridgehead atoms. The first-order valence-electron chi connectivity index (χ1n) is 5.08. The first-order valence-corrected chi connectivity index (χ1v) is 5.08. The topological polar surface area (TPSA) is 22.4 Å². The van der Waals surface area contributed by atoms with Gasteiger partial charge >= 0.3 is 12.8 Å². The van der Waals surface area contributed by atoms with Crippen molar-refractivity contribution in [2.75, 3.05) is 0 Å². The van der Waals surface area contributed by atoms with Crippen LogP contribution in [-0.4, -0.2) is 6.61 Å². The van der Waals surface area contributed by atoms with Crippen molar-refractivity contribution in [3.05, 3.63) is 42.2 Å². The van der Waals surface area contributed by atoms with Gasteiger partial charge in [-0.1, -0.05) is 0 Å². The van der Waals surface area contributed by atoms with Gasteiger partial charge in [0.25, 0.3) is 0 Å². The van der Waals surface area contributed by atoms with Gasteiger partial charge in [-0.2, -0.15) is 22.0 Å². The van der Waals surface area contributed by atoms with Crippen LogP contribution in [0.15, 0.2) is 41.0 Å². The molecule has 2 nitrogen and oxygen atoms in total. The average Bonchev–Trinajstić information content (AvgIpc) is 2.79. The molecule has 0 aliphatic rings. The van der Waals surface area contributed by atoms with E-state index in [0.29, 0.717) is 6.07 Å². The van der Waals surface area contributed by atoms with E-state index in [4.69, 9.17) is 4.42 Å². The summed E-state index contributed by atoms with van der Waals surface area (Å²) >= 11 is 0. The van der Waals surface area contributed by atoms with Crippen LogP contribution < -0.4 is 4.74 Å². The van der Waals surface area contributed by atoms with Gasteiger partial charge in [0.1, 0.15) is 11.5 Å². The van der Waals surface area contributed by atoms with Crippen LogP contribution in [0.1, 0.15) is 5.56 Å². The molecule has 7 heteroatoms. The van der Waals surface area contributed by atoms with Gasteiger partial charge in [0.2, 0.25) is 0 Å². The van der Waals surface area contributed by atoms with Crippen molar-refractivity contribution in [3.63, 3.8) is 0 Å². The van der Waals surface area contributed by atoms with Crippen LogP contribution in [0.5, 0.6) is 5.75 Å². The van der Waals surface area contributed by atoms with Gasteiger partial charge in [-0.3, -0.25) is 0 Å². The van der Waals surface area contributed by atoms with Crippen LogP contribution in [0.3, 0.4) is 0 Å². The molecule has 0 saturated carbocycles. The van der Waals surface area contributed by atoms with E-state index < -0.39 is 18.4 Å². The van der Waals surface area contributed by atoms with Gasteiger partial charge in [-0.15, -0.1) is 0 Å². The van der Waals surface area contributed by atoms with E-state index in [0.717, 1.165) is 12.1 Å². The summed E-state index contributed by atoms with van der Waals surface area (Å²) < 4.78 is 71.5.